The van der Waals surface area contributed by atoms with Gasteiger partial charge in [-0.15, -0.1) is 15.0 Å². The maximum atomic E-state index is 13.4. The molecule has 2 aromatic heterocycles. The summed E-state index contributed by atoms with van der Waals surface area (Å²) in [6.45, 7) is 0. The Bertz CT molecular complexity index is 688. The molecule has 18 heavy (non-hydrogen) atoms. The number of halogens is 4. The van der Waals surface area contributed by atoms with Gasteiger partial charge in [-0.05, 0) is 0 Å². The minimum absolute atomic E-state index is 0.200. The third-order valence-corrected chi connectivity index (χ3v) is 2.31. The normalized spacial score (nSPS) is 11.3. The molecule has 0 unspecified atom stereocenters. The summed E-state index contributed by atoms with van der Waals surface area (Å²) in [6, 6.07) is 1.42. The molecule has 0 atom stereocenters. The first-order chi connectivity index (χ1) is 8.59. The van der Waals surface area contributed by atoms with E-state index in [1.54, 1.807) is 0 Å². The van der Waals surface area contributed by atoms with E-state index < -0.39 is 34.3 Å². The minimum atomic E-state index is -1.92. The van der Waals surface area contributed by atoms with E-state index in [4.69, 9.17) is 0 Å². The molecule has 0 bridgehead atoms. The zero-order valence-electron chi connectivity index (χ0n) is 8.46. The van der Waals surface area contributed by atoms with Gasteiger partial charge in [0.1, 0.15) is 0 Å². The maximum absolute atomic E-state index is 13.4. The summed E-state index contributed by atoms with van der Waals surface area (Å²) in [5, 5.41) is 13.1. The van der Waals surface area contributed by atoms with Crippen LogP contribution in [0, 0.1) is 23.3 Å². The number of nitrogens with one attached hydrogen (secondary N) is 1. The van der Waals surface area contributed by atoms with Crippen molar-refractivity contribution in [2.45, 2.75) is 0 Å². The van der Waals surface area contributed by atoms with Crippen LogP contribution in [0.3, 0.4) is 0 Å². The van der Waals surface area contributed by atoms with Crippen LogP contribution in [0.15, 0.2) is 12.3 Å². The van der Waals surface area contributed by atoms with Gasteiger partial charge in [-0.2, -0.15) is 5.10 Å². The highest BCUT2D eigenvalue weighted by atomic mass is 19.2. The number of nitrogens with zero attached hydrogens (tertiary/aromatic N) is 4. The van der Waals surface area contributed by atoms with E-state index in [9.17, 15) is 17.6 Å². The Hall–Kier alpha value is -2.45. The minimum Gasteiger partial charge on any atom is -0.260 e. The highest BCUT2D eigenvalue weighted by Gasteiger charge is 2.24. The molecular formula is C9H3F4N5. The van der Waals surface area contributed by atoms with Gasteiger partial charge in [0.25, 0.3) is 0 Å². The second-order valence-electron chi connectivity index (χ2n) is 3.38. The molecule has 0 saturated heterocycles. The number of hydrogen-bond acceptors (Lipinski definition) is 3. The zero-order chi connectivity index (χ0) is 12.9. The van der Waals surface area contributed by atoms with E-state index in [-0.39, 0.29) is 5.82 Å². The molecule has 2 heterocycles. The van der Waals surface area contributed by atoms with Gasteiger partial charge in [-0.1, -0.05) is 0 Å². The van der Waals surface area contributed by atoms with E-state index in [1.807, 2.05) is 0 Å². The average Bonchev–Trinajstić information content (AvgIpc) is 3.01. The fourth-order valence-electron chi connectivity index (χ4n) is 1.47. The van der Waals surface area contributed by atoms with Gasteiger partial charge in [-0.3, -0.25) is 5.10 Å². The molecule has 9 heteroatoms. The molecule has 5 nitrogen and oxygen atoms in total. The van der Waals surface area contributed by atoms with E-state index in [0.717, 1.165) is 4.80 Å². The number of rotatable bonds is 1. The van der Waals surface area contributed by atoms with Crippen molar-refractivity contribution in [1.82, 2.24) is 25.2 Å². The Morgan fingerprint density at radius 3 is 1.89 bits per heavy atom. The molecule has 0 fully saturated rings. The molecule has 0 radical (unpaired) electrons. The molecule has 92 valence electrons. The van der Waals surface area contributed by atoms with Gasteiger partial charge in [0, 0.05) is 6.07 Å². The summed E-state index contributed by atoms with van der Waals surface area (Å²) in [4.78, 5) is 0.794. The highest BCUT2D eigenvalue weighted by molar-refractivity contribution is 5.75. The van der Waals surface area contributed by atoms with Gasteiger partial charge in [0.15, 0.2) is 40.1 Å². The second kappa shape index (κ2) is 3.52. The lowest BCUT2D eigenvalue weighted by Crippen LogP contribution is -1.98. The second-order valence-corrected chi connectivity index (χ2v) is 3.38. The van der Waals surface area contributed by atoms with E-state index in [2.05, 4.69) is 20.4 Å². The summed E-state index contributed by atoms with van der Waals surface area (Å²) in [5.74, 6) is -6.82. The molecule has 0 saturated carbocycles. The van der Waals surface area contributed by atoms with E-state index in [1.165, 1.54) is 12.3 Å². The quantitative estimate of drug-likeness (QED) is 0.410. The third kappa shape index (κ3) is 1.30. The smallest absolute Gasteiger partial charge is 0.199 e. The van der Waals surface area contributed by atoms with Crippen LogP contribution >= 0.6 is 0 Å². The number of H-pyrrole nitrogens is 1. The van der Waals surface area contributed by atoms with Crippen molar-refractivity contribution in [3.8, 4) is 5.82 Å². The number of fused-ring (bicyclic) bond motifs is 1. The summed E-state index contributed by atoms with van der Waals surface area (Å²) in [5.41, 5.74) is -1.39. The molecule has 1 N–H and O–H groups in total. The standard InChI is InChI=1S/C9H3F4N5/c10-4-5(11)7(13)9-8(6(4)12)16-18(17-9)3-1-2-14-15-3/h1-2H,(H,14,15). The summed E-state index contributed by atoms with van der Waals surface area (Å²) < 4.78 is 52.7. The lowest BCUT2D eigenvalue weighted by Gasteiger charge is -1.96. The van der Waals surface area contributed by atoms with Crippen LogP contribution in [-0.2, 0) is 0 Å². The molecule has 0 aliphatic rings. The van der Waals surface area contributed by atoms with Crippen molar-refractivity contribution < 1.29 is 17.6 Å². The zero-order valence-corrected chi connectivity index (χ0v) is 8.46. The molecule has 3 rings (SSSR count). The van der Waals surface area contributed by atoms with E-state index in [0.29, 0.717) is 0 Å². The summed E-state index contributed by atoms with van der Waals surface area (Å²) >= 11 is 0. The van der Waals surface area contributed by atoms with Crippen LogP contribution in [0.4, 0.5) is 17.6 Å². The maximum Gasteiger partial charge on any atom is 0.199 e. The van der Waals surface area contributed by atoms with Crippen LogP contribution < -0.4 is 0 Å². The fraction of sp³-hybridized carbons (Fsp3) is 0. The van der Waals surface area contributed by atoms with E-state index >= 15 is 0 Å². The van der Waals surface area contributed by atoms with Crippen LogP contribution in [0.2, 0.25) is 0 Å². The first-order valence-corrected chi connectivity index (χ1v) is 4.68. The Balaban J connectivity index is 2.36. The molecule has 0 spiro atoms. The molecular weight excluding hydrogens is 254 g/mol. The van der Waals surface area contributed by atoms with Gasteiger partial charge < -0.3 is 0 Å². The van der Waals surface area contributed by atoms with Crippen molar-refractivity contribution in [2.75, 3.05) is 0 Å². The van der Waals surface area contributed by atoms with Crippen LogP contribution in [0.5, 0.6) is 0 Å². The average molecular weight is 257 g/mol. The first-order valence-electron chi connectivity index (χ1n) is 4.68. The molecule has 0 amide bonds. The van der Waals surface area contributed by atoms with Gasteiger partial charge in [0.05, 0.1) is 6.20 Å². The predicted octanol–water partition coefficient (Wildman–Crippen LogP) is 1.70. The lowest BCUT2D eigenvalue weighted by molar-refractivity contribution is 0.417. The molecule has 0 aliphatic carbocycles. The molecule has 3 aromatic rings. The lowest BCUT2D eigenvalue weighted by atomic mass is 10.2. The third-order valence-electron chi connectivity index (χ3n) is 2.31. The molecule has 1 aromatic carbocycles. The monoisotopic (exact) mass is 257 g/mol. The predicted molar refractivity (Wildman–Crippen MR) is 50.8 cm³/mol. The Labute approximate surface area is 96.0 Å². The van der Waals surface area contributed by atoms with Gasteiger partial charge >= 0.3 is 0 Å². The van der Waals surface area contributed by atoms with Gasteiger partial charge in [-0.25, -0.2) is 17.6 Å². The van der Waals surface area contributed by atoms with Crippen molar-refractivity contribution in [1.29, 1.82) is 0 Å². The topological polar surface area (TPSA) is 59.4 Å². The SMILES string of the molecule is Fc1c(F)c(F)c2nn(-c3ccn[nH]3)nc2c1F. The van der Waals surface area contributed by atoms with Crippen LogP contribution in [0.25, 0.3) is 16.9 Å². The number of aromatic nitrogens is 5. The Kier molecular flexibility index (Phi) is 2.09. The van der Waals surface area contributed by atoms with Crippen molar-refractivity contribution in [3.05, 3.63) is 35.5 Å². The Morgan fingerprint density at radius 2 is 1.44 bits per heavy atom. The number of aromatic amines is 1. The van der Waals surface area contributed by atoms with Crippen molar-refractivity contribution in [3.63, 3.8) is 0 Å². The van der Waals surface area contributed by atoms with Gasteiger partial charge in [0.2, 0.25) is 0 Å². The van der Waals surface area contributed by atoms with Crippen LogP contribution in [-0.4, -0.2) is 25.2 Å². The summed E-state index contributed by atoms with van der Waals surface area (Å²) in [6.07, 6.45) is 1.36. The number of benzene rings is 1. The highest BCUT2D eigenvalue weighted by Crippen LogP contribution is 2.24. The van der Waals surface area contributed by atoms with Crippen molar-refractivity contribution >= 4 is 11.0 Å². The van der Waals surface area contributed by atoms with Crippen LogP contribution in [0.1, 0.15) is 0 Å². The Morgan fingerprint density at radius 1 is 0.889 bits per heavy atom. The number of hydrogen-bond donors (Lipinski definition) is 1. The molecule has 0 aliphatic heterocycles. The van der Waals surface area contributed by atoms with Crippen molar-refractivity contribution in [2.24, 2.45) is 0 Å². The fourth-order valence-corrected chi connectivity index (χ4v) is 1.47. The summed E-state index contributed by atoms with van der Waals surface area (Å²) in [7, 11) is 0. The first kappa shape index (κ1) is 10.7. The largest absolute Gasteiger partial charge is 0.260 e.